The summed E-state index contributed by atoms with van der Waals surface area (Å²) in [6.07, 6.45) is 3.75. The average Bonchev–Trinajstić information content (AvgIpc) is 3.07. The molecule has 0 spiro atoms. The lowest BCUT2D eigenvalue weighted by molar-refractivity contribution is -0.140. The van der Waals surface area contributed by atoms with Crippen molar-refractivity contribution in [1.29, 1.82) is 0 Å². The molecule has 5 nitrogen and oxygen atoms in total. The molecule has 3 aromatic rings. The molecule has 6 heteroatoms. The van der Waals surface area contributed by atoms with Gasteiger partial charge >= 0.3 is 5.97 Å². The minimum absolute atomic E-state index is 0.227. The number of hydrogen-bond donors (Lipinski definition) is 0. The number of hydrogen-bond acceptors (Lipinski definition) is 4. The van der Waals surface area contributed by atoms with Crippen LogP contribution in [0.3, 0.4) is 0 Å². The van der Waals surface area contributed by atoms with Gasteiger partial charge in [0.25, 0.3) is 10.0 Å². The van der Waals surface area contributed by atoms with E-state index in [0.717, 1.165) is 22.1 Å². The number of carbonyl (C=O) groups is 1. The summed E-state index contributed by atoms with van der Waals surface area (Å²) in [6, 6.07) is 12.1. The highest BCUT2D eigenvalue weighted by molar-refractivity contribution is 7.90. The van der Waals surface area contributed by atoms with Crippen molar-refractivity contribution in [2.75, 3.05) is 6.61 Å². The lowest BCUT2D eigenvalue weighted by atomic mass is 10.0. The molecule has 1 aromatic heterocycles. The molecule has 0 aliphatic carbocycles. The number of fused-ring (bicyclic) bond motifs is 1. The summed E-state index contributed by atoms with van der Waals surface area (Å²) in [5.41, 5.74) is 3.37. The van der Waals surface area contributed by atoms with Crippen LogP contribution in [-0.4, -0.2) is 25.0 Å². The second-order valence-electron chi connectivity index (χ2n) is 6.29. The normalized spacial score (nSPS) is 11.5. The molecule has 0 amide bonds. The number of carbonyl (C=O) groups excluding carboxylic acids is 1. The van der Waals surface area contributed by atoms with Gasteiger partial charge in [0.1, 0.15) is 0 Å². The Morgan fingerprint density at radius 2 is 1.85 bits per heavy atom. The largest absolute Gasteiger partial charge is 0.466 e. The third-order valence-electron chi connectivity index (χ3n) is 4.44. The van der Waals surface area contributed by atoms with Crippen LogP contribution in [-0.2, 0) is 26.0 Å². The van der Waals surface area contributed by atoms with Crippen molar-refractivity contribution in [1.82, 2.24) is 3.97 Å². The summed E-state index contributed by atoms with van der Waals surface area (Å²) in [6.45, 7) is 7.32. The Balaban J connectivity index is 2.10. The van der Waals surface area contributed by atoms with E-state index < -0.39 is 10.0 Å². The van der Waals surface area contributed by atoms with Crippen LogP contribution in [0.5, 0.6) is 0 Å². The minimum atomic E-state index is -3.70. The smallest absolute Gasteiger partial charge is 0.302 e. The Morgan fingerprint density at radius 3 is 2.48 bits per heavy atom. The lowest BCUT2D eigenvalue weighted by Crippen LogP contribution is -2.12. The van der Waals surface area contributed by atoms with Crippen LogP contribution in [0.1, 0.15) is 23.6 Å². The Kier molecular flexibility index (Phi) is 5.19. The molecule has 0 fully saturated rings. The number of ether oxygens (including phenoxy) is 1. The first-order valence-electron chi connectivity index (χ1n) is 8.55. The van der Waals surface area contributed by atoms with Crippen molar-refractivity contribution in [3.05, 3.63) is 71.9 Å². The van der Waals surface area contributed by atoms with Gasteiger partial charge in [-0.3, -0.25) is 4.79 Å². The average molecular weight is 383 g/mol. The number of nitrogens with zero attached hydrogens (tertiary/aromatic N) is 1. The Morgan fingerprint density at radius 1 is 1.15 bits per heavy atom. The fraction of sp³-hybridized carbons (Fsp3) is 0.190. The predicted molar refractivity (Wildman–Crippen MR) is 106 cm³/mol. The van der Waals surface area contributed by atoms with Gasteiger partial charge in [-0.05, 0) is 42.3 Å². The molecule has 0 saturated heterocycles. The molecule has 140 valence electrons. The van der Waals surface area contributed by atoms with Crippen LogP contribution in [0.4, 0.5) is 0 Å². The highest BCUT2D eigenvalue weighted by Gasteiger charge is 2.20. The predicted octanol–water partition coefficient (Wildman–Crippen LogP) is 3.94. The highest BCUT2D eigenvalue weighted by Crippen LogP contribution is 2.28. The Bertz CT molecular complexity index is 1110. The molecule has 0 saturated carbocycles. The summed E-state index contributed by atoms with van der Waals surface area (Å²) in [4.78, 5) is 11.3. The Hall–Kier alpha value is -2.86. The quantitative estimate of drug-likeness (QED) is 0.605. The molecule has 2 aromatic carbocycles. The second kappa shape index (κ2) is 7.40. The highest BCUT2D eigenvalue weighted by atomic mass is 32.2. The summed E-state index contributed by atoms with van der Waals surface area (Å²) in [5.74, 6) is -0.346. The third kappa shape index (κ3) is 3.66. The number of aryl methyl sites for hydroxylation is 1. The molecular weight excluding hydrogens is 362 g/mol. The van der Waals surface area contributed by atoms with Gasteiger partial charge in [-0.1, -0.05) is 36.4 Å². The van der Waals surface area contributed by atoms with Gasteiger partial charge in [0.2, 0.25) is 0 Å². The van der Waals surface area contributed by atoms with Gasteiger partial charge in [-0.25, -0.2) is 12.4 Å². The van der Waals surface area contributed by atoms with Crippen molar-refractivity contribution in [3.63, 3.8) is 0 Å². The molecule has 0 unspecified atom stereocenters. The maximum atomic E-state index is 13.1. The number of rotatable bonds is 6. The van der Waals surface area contributed by atoms with Gasteiger partial charge in [-0.15, -0.1) is 0 Å². The topological polar surface area (TPSA) is 65.4 Å². The van der Waals surface area contributed by atoms with E-state index in [1.165, 1.54) is 10.9 Å². The molecule has 1 heterocycles. The fourth-order valence-corrected chi connectivity index (χ4v) is 4.42. The van der Waals surface area contributed by atoms with Gasteiger partial charge in [0.05, 0.1) is 17.0 Å². The van der Waals surface area contributed by atoms with Crippen molar-refractivity contribution in [3.8, 4) is 0 Å². The van der Waals surface area contributed by atoms with E-state index >= 15 is 0 Å². The molecular formula is C21H21NO4S. The van der Waals surface area contributed by atoms with E-state index in [2.05, 4.69) is 6.58 Å². The van der Waals surface area contributed by atoms with Gasteiger partial charge in [0, 0.05) is 24.9 Å². The molecule has 0 aliphatic heterocycles. The monoisotopic (exact) mass is 383 g/mol. The second-order valence-corrected chi connectivity index (χ2v) is 8.10. The zero-order chi connectivity index (χ0) is 19.6. The van der Waals surface area contributed by atoms with Crippen LogP contribution >= 0.6 is 0 Å². The van der Waals surface area contributed by atoms with Crippen LogP contribution in [0, 0.1) is 6.92 Å². The van der Waals surface area contributed by atoms with E-state index in [9.17, 15) is 13.2 Å². The molecule has 0 radical (unpaired) electrons. The van der Waals surface area contributed by atoms with Crippen LogP contribution < -0.4 is 0 Å². The van der Waals surface area contributed by atoms with Crippen molar-refractivity contribution in [2.24, 2.45) is 0 Å². The zero-order valence-corrected chi connectivity index (χ0v) is 16.1. The number of aromatic nitrogens is 1. The van der Waals surface area contributed by atoms with E-state index in [0.29, 0.717) is 11.9 Å². The molecule has 0 atom stereocenters. The first-order chi connectivity index (χ1) is 12.8. The van der Waals surface area contributed by atoms with Crippen molar-refractivity contribution >= 4 is 33.0 Å². The van der Waals surface area contributed by atoms with Gasteiger partial charge in [0.15, 0.2) is 0 Å². The zero-order valence-electron chi connectivity index (χ0n) is 15.3. The molecule has 3 rings (SSSR count). The van der Waals surface area contributed by atoms with E-state index in [1.54, 1.807) is 48.7 Å². The summed E-state index contributed by atoms with van der Waals surface area (Å²) >= 11 is 0. The molecule has 0 bridgehead atoms. The Labute approximate surface area is 158 Å². The SMILES string of the molecule is C=Cc1ccc2c(ccn2S(=O)(=O)c2ccc(C)cc2)c1CCOC(C)=O. The molecule has 0 aliphatic rings. The first-order valence-corrected chi connectivity index (χ1v) is 9.99. The van der Waals surface area contributed by atoms with Crippen LogP contribution in [0.15, 0.2) is 60.1 Å². The first kappa shape index (κ1) is 18.9. The molecule has 0 N–H and O–H groups in total. The number of esters is 1. The number of benzene rings is 2. The third-order valence-corrected chi connectivity index (χ3v) is 6.14. The van der Waals surface area contributed by atoms with E-state index in [1.807, 2.05) is 13.0 Å². The standard InChI is InChI=1S/C21H21NO4S/c1-4-17-7-10-21-20(19(17)12-14-26-16(3)23)11-13-22(21)27(24,25)18-8-5-15(2)6-9-18/h4-11,13H,1,12,14H2,2-3H3. The van der Waals surface area contributed by atoms with E-state index in [4.69, 9.17) is 4.74 Å². The van der Waals surface area contributed by atoms with E-state index in [-0.39, 0.29) is 17.5 Å². The molecule has 27 heavy (non-hydrogen) atoms. The van der Waals surface area contributed by atoms with Crippen molar-refractivity contribution < 1.29 is 17.9 Å². The summed E-state index contributed by atoms with van der Waals surface area (Å²) < 4.78 is 32.5. The van der Waals surface area contributed by atoms with Gasteiger partial charge < -0.3 is 4.74 Å². The van der Waals surface area contributed by atoms with Crippen molar-refractivity contribution in [2.45, 2.75) is 25.2 Å². The van der Waals surface area contributed by atoms with Crippen LogP contribution in [0.25, 0.3) is 17.0 Å². The maximum Gasteiger partial charge on any atom is 0.302 e. The lowest BCUT2D eigenvalue weighted by Gasteiger charge is -2.11. The minimum Gasteiger partial charge on any atom is -0.466 e. The summed E-state index contributed by atoms with van der Waals surface area (Å²) in [5, 5.41) is 0.801. The maximum absolute atomic E-state index is 13.1. The fourth-order valence-electron chi connectivity index (χ4n) is 3.07. The van der Waals surface area contributed by atoms with Gasteiger partial charge in [-0.2, -0.15) is 0 Å². The summed E-state index contributed by atoms with van der Waals surface area (Å²) in [7, 11) is -3.70. The van der Waals surface area contributed by atoms with Crippen LogP contribution in [0.2, 0.25) is 0 Å².